The molecule has 1 aromatic carbocycles. The van der Waals surface area contributed by atoms with Gasteiger partial charge in [-0.25, -0.2) is 4.98 Å². The number of hydrogen-bond acceptors (Lipinski definition) is 5. The highest BCUT2D eigenvalue weighted by Gasteiger charge is 2.11. The van der Waals surface area contributed by atoms with Crippen molar-refractivity contribution in [2.45, 2.75) is 33.6 Å². The molecule has 0 aliphatic heterocycles. The first-order chi connectivity index (χ1) is 11.2. The van der Waals surface area contributed by atoms with Crippen LogP contribution in [-0.2, 0) is 0 Å². The van der Waals surface area contributed by atoms with E-state index in [4.69, 9.17) is 4.74 Å². The average molecular weight is 314 g/mol. The lowest BCUT2D eigenvalue weighted by Crippen LogP contribution is -2.27. The van der Waals surface area contributed by atoms with Crippen LogP contribution in [0, 0.1) is 6.92 Å². The zero-order chi connectivity index (χ0) is 16.7. The first-order valence-corrected chi connectivity index (χ1v) is 8.18. The number of methoxy groups -OCH3 is 1. The van der Waals surface area contributed by atoms with Crippen molar-refractivity contribution >= 4 is 17.5 Å². The molecule has 0 spiro atoms. The predicted molar refractivity (Wildman–Crippen MR) is 95.8 cm³/mol. The Morgan fingerprint density at radius 1 is 1.09 bits per heavy atom. The number of ether oxygens (including phenoxy) is 1. The van der Waals surface area contributed by atoms with Gasteiger partial charge in [0, 0.05) is 24.8 Å². The Kier molecular flexibility index (Phi) is 6.20. The Morgan fingerprint density at radius 3 is 2.43 bits per heavy atom. The first-order valence-electron chi connectivity index (χ1n) is 8.18. The van der Waals surface area contributed by atoms with Crippen molar-refractivity contribution in [3.8, 4) is 5.75 Å². The molecule has 0 bridgehead atoms. The van der Waals surface area contributed by atoms with E-state index in [0.717, 1.165) is 54.8 Å². The summed E-state index contributed by atoms with van der Waals surface area (Å²) in [5, 5.41) is 3.34. The monoisotopic (exact) mass is 314 g/mol. The van der Waals surface area contributed by atoms with Gasteiger partial charge in [-0.3, -0.25) is 0 Å². The standard InChI is InChI=1S/C18H26N4O/c1-5-11-22(12-6-2)18-19-14(3)13-17(21-18)20-15-9-7-8-10-16(15)23-4/h7-10,13H,5-6,11-12H2,1-4H3,(H,19,20,21). The third kappa shape index (κ3) is 4.58. The fraction of sp³-hybridized carbons (Fsp3) is 0.444. The van der Waals surface area contributed by atoms with Crippen LogP contribution in [0.5, 0.6) is 5.75 Å². The molecule has 0 saturated carbocycles. The van der Waals surface area contributed by atoms with Gasteiger partial charge in [-0.1, -0.05) is 26.0 Å². The average Bonchev–Trinajstić information content (AvgIpc) is 2.54. The highest BCUT2D eigenvalue weighted by molar-refractivity contribution is 5.64. The van der Waals surface area contributed by atoms with Crippen molar-refractivity contribution in [3.63, 3.8) is 0 Å². The summed E-state index contributed by atoms with van der Waals surface area (Å²) in [6.07, 6.45) is 2.15. The maximum Gasteiger partial charge on any atom is 0.227 e. The summed E-state index contributed by atoms with van der Waals surface area (Å²) in [6.45, 7) is 8.27. The van der Waals surface area contributed by atoms with Crippen molar-refractivity contribution < 1.29 is 4.74 Å². The van der Waals surface area contributed by atoms with Crippen molar-refractivity contribution in [2.24, 2.45) is 0 Å². The van der Waals surface area contributed by atoms with E-state index in [1.165, 1.54) is 0 Å². The molecule has 1 N–H and O–H groups in total. The maximum absolute atomic E-state index is 5.39. The second-order valence-corrected chi connectivity index (χ2v) is 5.51. The molecule has 0 amide bonds. The van der Waals surface area contributed by atoms with Gasteiger partial charge >= 0.3 is 0 Å². The second-order valence-electron chi connectivity index (χ2n) is 5.51. The van der Waals surface area contributed by atoms with Gasteiger partial charge < -0.3 is 15.0 Å². The summed E-state index contributed by atoms with van der Waals surface area (Å²) in [5.41, 5.74) is 1.85. The summed E-state index contributed by atoms with van der Waals surface area (Å²) in [4.78, 5) is 11.5. The van der Waals surface area contributed by atoms with Crippen LogP contribution in [0.25, 0.3) is 0 Å². The number of para-hydroxylation sites is 2. The Bertz CT molecular complexity index is 624. The molecule has 0 atom stereocenters. The SMILES string of the molecule is CCCN(CCC)c1nc(C)cc(Nc2ccccc2OC)n1. The van der Waals surface area contributed by atoms with E-state index in [1.807, 2.05) is 37.3 Å². The molecule has 2 rings (SSSR count). The number of rotatable bonds is 8. The lowest BCUT2D eigenvalue weighted by Gasteiger charge is -2.22. The highest BCUT2D eigenvalue weighted by Crippen LogP contribution is 2.27. The van der Waals surface area contributed by atoms with Crippen LogP contribution in [0.4, 0.5) is 17.5 Å². The molecule has 1 heterocycles. The van der Waals surface area contributed by atoms with E-state index in [9.17, 15) is 0 Å². The smallest absolute Gasteiger partial charge is 0.227 e. The Balaban J connectivity index is 2.29. The minimum Gasteiger partial charge on any atom is -0.495 e. The van der Waals surface area contributed by atoms with Gasteiger partial charge in [-0.2, -0.15) is 4.98 Å². The molecule has 0 aliphatic rings. The van der Waals surface area contributed by atoms with Gasteiger partial charge in [0.15, 0.2) is 0 Å². The van der Waals surface area contributed by atoms with Gasteiger partial charge in [0.25, 0.3) is 0 Å². The van der Waals surface area contributed by atoms with Gasteiger partial charge in [0.05, 0.1) is 12.8 Å². The van der Waals surface area contributed by atoms with Crippen LogP contribution in [-0.4, -0.2) is 30.2 Å². The molecule has 0 fully saturated rings. The summed E-state index contributed by atoms with van der Waals surface area (Å²) >= 11 is 0. The minimum absolute atomic E-state index is 0.783. The number of aryl methyl sites for hydroxylation is 1. The normalized spacial score (nSPS) is 10.4. The summed E-state index contributed by atoms with van der Waals surface area (Å²) in [7, 11) is 1.67. The molecule has 0 unspecified atom stereocenters. The van der Waals surface area contributed by atoms with Gasteiger partial charge in [-0.15, -0.1) is 0 Å². The number of anilines is 3. The van der Waals surface area contributed by atoms with Crippen molar-refractivity contribution in [1.29, 1.82) is 0 Å². The van der Waals surface area contributed by atoms with Gasteiger partial charge in [0.2, 0.25) is 5.95 Å². The molecule has 5 nitrogen and oxygen atoms in total. The molecular formula is C18H26N4O. The highest BCUT2D eigenvalue weighted by atomic mass is 16.5. The van der Waals surface area contributed by atoms with E-state index in [2.05, 4.69) is 34.0 Å². The predicted octanol–water partition coefficient (Wildman–Crippen LogP) is 4.16. The Hall–Kier alpha value is -2.30. The van der Waals surface area contributed by atoms with Crippen LogP contribution >= 0.6 is 0 Å². The zero-order valence-corrected chi connectivity index (χ0v) is 14.5. The van der Waals surface area contributed by atoms with Crippen molar-refractivity contribution in [3.05, 3.63) is 36.0 Å². The Labute approximate surface area is 138 Å². The van der Waals surface area contributed by atoms with Crippen LogP contribution in [0.15, 0.2) is 30.3 Å². The van der Waals surface area contributed by atoms with E-state index in [0.29, 0.717) is 0 Å². The van der Waals surface area contributed by atoms with Gasteiger partial charge in [-0.05, 0) is 31.9 Å². The Morgan fingerprint density at radius 2 is 1.78 bits per heavy atom. The van der Waals surface area contributed by atoms with E-state index < -0.39 is 0 Å². The molecule has 23 heavy (non-hydrogen) atoms. The van der Waals surface area contributed by atoms with Crippen LogP contribution in [0.1, 0.15) is 32.4 Å². The molecule has 0 aliphatic carbocycles. The number of nitrogens with zero attached hydrogens (tertiary/aromatic N) is 3. The lowest BCUT2D eigenvalue weighted by atomic mass is 10.3. The van der Waals surface area contributed by atoms with Crippen LogP contribution < -0.4 is 15.0 Å². The first kappa shape index (κ1) is 17.1. The lowest BCUT2D eigenvalue weighted by molar-refractivity contribution is 0.417. The summed E-state index contributed by atoms with van der Waals surface area (Å²) in [5.74, 6) is 2.37. The molecule has 5 heteroatoms. The number of benzene rings is 1. The topological polar surface area (TPSA) is 50.3 Å². The van der Waals surface area contributed by atoms with Crippen LogP contribution in [0.3, 0.4) is 0 Å². The number of aromatic nitrogens is 2. The van der Waals surface area contributed by atoms with Crippen molar-refractivity contribution in [2.75, 3.05) is 30.4 Å². The van der Waals surface area contributed by atoms with Crippen LogP contribution in [0.2, 0.25) is 0 Å². The third-order valence-corrected chi connectivity index (χ3v) is 3.48. The third-order valence-electron chi connectivity index (χ3n) is 3.48. The van der Waals surface area contributed by atoms with E-state index >= 15 is 0 Å². The quantitative estimate of drug-likeness (QED) is 0.792. The fourth-order valence-corrected chi connectivity index (χ4v) is 2.50. The molecule has 2 aromatic rings. The maximum atomic E-state index is 5.39. The summed E-state index contributed by atoms with van der Waals surface area (Å²) in [6, 6.07) is 9.78. The molecule has 124 valence electrons. The van der Waals surface area contributed by atoms with Gasteiger partial charge in [0.1, 0.15) is 11.6 Å². The zero-order valence-electron chi connectivity index (χ0n) is 14.5. The molecule has 1 aromatic heterocycles. The van der Waals surface area contributed by atoms with E-state index in [1.54, 1.807) is 7.11 Å². The minimum atomic E-state index is 0.783. The molecule has 0 saturated heterocycles. The molecular weight excluding hydrogens is 288 g/mol. The fourth-order valence-electron chi connectivity index (χ4n) is 2.50. The molecule has 0 radical (unpaired) electrons. The van der Waals surface area contributed by atoms with Crippen molar-refractivity contribution in [1.82, 2.24) is 9.97 Å². The largest absolute Gasteiger partial charge is 0.495 e. The number of hydrogen-bond donors (Lipinski definition) is 1. The van der Waals surface area contributed by atoms with E-state index in [-0.39, 0.29) is 0 Å². The second kappa shape index (κ2) is 8.36. The number of nitrogens with one attached hydrogen (secondary N) is 1. The summed E-state index contributed by atoms with van der Waals surface area (Å²) < 4.78 is 5.39.